The lowest BCUT2D eigenvalue weighted by Gasteiger charge is -2.06. The van der Waals surface area contributed by atoms with Crippen LogP contribution in [0, 0.1) is 0 Å². The van der Waals surface area contributed by atoms with Crippen molar-refractivity contribution in [3.8, 4) is 11.1 Å². The molecular weight excluding hydrogens is 230 g/mol. The van der Waals surface area contributed by atoms with E-state index in [1.54, 1.807) is 0 Å². The van der Waals surface area contributed by atoms with E-state index in [9.17, 15) is 0 Å². The molecule has 17 heavy (non-hydrogen) atoms. The SMILES string of the molecule is CNCCc1cccc(-c2cccc(Cl)c2)c1. The highest BCUT2D eigenvalue weighted by Gasteiger charge is 2.00. The minimum atomic E-state index is 0.781. The van der Waals surface area contributed by atoms with Gasteiger partial charge in [0.15, 0.2) is 0 Å². The molecule has 0 saturated carbocycles. The molecule has 0 aliphatic carbocycles. The molecule has 0 unspecified atom stereocenters. The molecule has 0 heterocycles. The molecule has 0 radical (unpaired) electrons. The summed E-state index contributed by atoms with van der Waals surface area (Å²) < 4.78 is 0. The highest BCUT2D eigenvalue weighted by Crippen LogP contribution is 2.23. The van der Waals surface area contributed by atoms with E-state index in [2.05, 4.69) is 35.6 Å². The van der Waals surface area contributed by atoms with E-state index in [1.807, 2.05) is 25.2 Å². The molecule has 0 saturated heterocycles. The maximum Gasteiger partial charge on any atom is 0.0412 e. The Balaban J connectivity index is 2.26. The predicted octanol–water partition coefficient (Wildman–Crippen LogP) is 3.77. The van der Waals surface area contributed by atoms with Crippen molar-refractivity contribution in [2.75, 3.05) is 13.6 Å². The molecule has 2 rings (SSSR count). The number of rotatable bonds is 4. The molecule has 0 fully saturated rings. The van der Waals surface area contributed by atoms with Gasteiger partial charge in [-0.2, -0.15) is 0 Å². The average molecular weight is 246 g/mol. The topological polar surface area (TPSA) is 12.0 Å². The number of hydrogen-bond donors (Lipinski definition) is 1. The quantitative estimate of drug-likeness (QED) is 0.865. The van der Waals surface area contributed by atoms with Crippen LogP contribution in [0.5, 0.6) is 0 Å². The summed E-state index contributed by atoms with van der Waals surface area (Å²) in [6, 6.07) is 16.6. The van der Waals surface area contributed by atoms with Crippen molar-refractivity contribution in [1.82, 2.24) is 5.32 Å². The molecule has 0 spiro atoms. The molecule has 0 amide bonds. The highest BCUT2D eigenvalue weighted by atomic mass is 35.5. The highest BCUT2D eigenvalue weighted by molar-refractivity contribution is 6.30. The molecule has 1 N–H and O–H groups in total. The summed E-state index contributed by atoms with van der Waals surface area (Å²) in [5.41, 5.74) is 3.74. The van der Waals surface area contributed by atoms with Crippen LogP contribution in [0.2, 0.25) is 5.02 Å². The van der Waals surface area contributed by atoms with Crippen LogP contribution < -0.4 is 5.32 Å². The number of likely N-dealkylation sites (N-methyl/N-ethyl adjacent to an activating group) is 1. The summed E-state index contributed by atoms with van der Waals surface area (Å²) in [5.74, 6) is 0. The van der Waals surface area contributed by atoms with Gasteiger partial charge in [0.25, 0.3) is 0 Å². The first kappa shape index (κ1) is 12.2. The molecule has 0 aliphatic rings. The van der Waals surface area contributed by atoms with Crippen LogP contribution in [-0.4, -0.2) is 13.6 Å². The van der Waals surface area contributed by atoms with Gasteiger partial charge in [0.1, 0.15) is 0 Å². The van der Waals surface area contributed by atoms with E-state index in [-0.39, 0.29) is 0 Å². The summed E-state index contributed by atoms with van der Waals surface area (Å²) in [6.45, 7) is 0.999. The second kappa shape index (κ2) is 5.85. The van der Waals surface area contributed by atoms with Crippen LogP contribution >= 0.6 is 11.6 Å². The van der Waals surface area contributed by atoms with Crippen molar-refractivity contribution in [3.63, 3.8) is 0 Å². The van der Waals surface area contributed by atoms with E-state index in [4.69, 9.17) is 11.6 Å². The summed E-state index contributed by atoms with van der Waals surface area (Å²) in [6.07, 6.45) is 1.05. The van der Waals surface area contributed by atoms with Crippen molar-refractivity contribution < 1.29 is 0 Å². The van der Waals surface area contributed by atoms with Crippen molar-refractivity contribution in [3.05, 3.63) is 59.1 Å². The largest absolute Gasteiger partial charge is 0.319 e. The van der Waals surface area contributed by atoms with Crippen molar-refractivity contribution >= 4 is 11.6 Å². The predicted molar refractivity (Wildman–Crippen MR) is 74.5 cm³/mol. The van der Waals surface area contributed by atoms with Crippen molar-refractivity contribution in [2.45, 2.75) is 6.42 Å². The molecule has 2 heteroatoms. The summed E-state index contributed by atoms with van der Waals surface area (Å²) in [5, 5.41) is 3.94. The fourth-order valence-corrected chi connectivity index (χ4v) is 2.03. The molecular formula is C15H16ClN. The van der Waals surface area contributed by atoms with Gasteiger partial charge in [-0.25, -0.2) is 0 Å². The van der Waals surface area contributed by atoms with Gasteiger partial charge in [-0.1, -0.05) is 48.0 Å². The van der Waals surface area contributed by atoms with Crippen LogP contribution in [0.4, 0.5) is 0 Å². The van der Waals surface area contributed by atoms with Crippen molar-refractivity contribution in [2.24, 2.45) is 0 Å². The van der Waals surface area contributed by atoms with Gasteiger partial charge >= 0.3 is 0 Å². The third-order valence-electron chi connectivity index (χ3n) is 2.75. The summed E-state index contributed by atoms with van der Waals surface area (Å²) in [4.78, 5) is 0. The Morgan fingerprint density at radius 3 is 2.41 bits per heavy atom. The molecule has 2 aromatic carbocycles. The third kappa shape index (κ3) is 3.32. The van der Waals surface area contributed by atoms with Gasteiger partial charge in [0.2, 0.25) is 0 Å². The van der Waals surface area contributed by atoms with Gasteiger partial charge in [-0.3, -0.25) is 0 Å². The first-order valence-electron chi connectivity index (χ1n) is 5.79. The minimum Gasteiger partial charge on any atom is -0.319 e. The van der Waals surface area contributed by atoms with Crippen LogP contribution in [0.25, 0.3) is 11.1 Å². The maximum atomic E-state index is 6.01. The molecule has 88 valence electrons. The summed E-state index contributed by atoms with van der Waals surface area (Å²) >= 11 is 6.01. The zero-order valence-corrected chi connectivity index (χ0v) is 10.7. The Morgan fingerprint density at radius 1 is 1.00 bits per heavy atom. The fraction of sp³-hybridized carbons (Fsp3) is 0.200. The zero-order valence-electron chi connectivity index (χ0n) is 9.91. The minimum absolute atomic E-state index is 0.781. The number of nitrogens with one attached hydrogen (secondary N) is 1. The lowest BCUT2D eigenvalue weighted by Crippen LogP contribution is -2.10. The molecule has 0 atom stereocenters. The Morgan fingerprint density at radius 2 is 1.71 bits per heavy atom. The Labute approximate surface area is 107 Å². The van der Waals surface area contributed by atoms with Gasteiger partial charge in [0.05, 0.1) is 0 Å². The second-order valence-corrected chi connectivity index (χ2v) is 4.50. The normalized spacial score (nSPS) is 10.5. The second-order valence-electron chi connectivity index (χ2n) is 4.06. The number of benzene rings is 2. The van der Waals surface area contributed by atoms with Crippen molar-refractivity contribution in [1.29, 1.82) is 0 Å². The van der Waals surface area contributed by atoms with E-state index in [1.165, 1.54) is 16.7 Å². The van der Waals surface area contributed by atoms with Crippen LogP contribution in [0.15, 0.2) is 48.5 Å². The molecule has 0 aliphatic heterocycles. The maximum absolute atomic E-state index is 6.01. The Hall–Kier alpha value is -1.31. The molecule has 2 aromatic rings. The third-order valence-corrected chi connectivity index (χ3v) is 2.98. The van der Waals surface area contributed by atoms with E-state index < -0.39 is 0 Å². The van der Waals surface area contributed by atoms with Gasteiger partial charge in [-0.05, 0) is 48.8 Å². The molecule has 0 aromatic heterocycles. The molecule has 0 bridgehead atoms. The fourth-order valence-electron chi connectivity index (χ4n) is 1.84. The monoisotopic (exact) mass is 245 g/mol. The lowest BCUT2D eigenvalue weighted by molar-refractivity contribution is 0.792. The first-order chi connectivity index (χ1) is 8.29. The van der Waals surface area contributed by atoms with Gasteiger partial charge in [-0.15, -0.1) is 0 Å². The van der Waals surface area contributed by atoms with Crippen LogP contribution in [-0.2, 0) is 6.42 Å². The van der Waals surface area contributed by atoms with E-state index in [0.29, 0.717) is 0 Å². The van der Waals surface area contributed by atoms with Gasteiger partial charge < -0.3 is 5.32 Å². The average Bonchev–Trinajstić information content (AvgIpc) is 2.37. The first-order valence-corrected chi connectivity index (χ1v) is 6.17. The number of halogens is 1. The Bertz CT molecular complexity index is 494. The standard InChI is InChI=1S/C15H16ClN/c1-17-9-8-12-4-2-5-13(10-12)14-6-3-7-15(16)11-14/h2-7,10-11,17H,8-9H2,1H3. The summed E-state index contributed by atoms with van der Waals surface area (Å²) in [7, 11) is 1.97. The van der Waals surface area contributed by atoms with Crippen LogP contribution in [0.3, 0.4) is 0 Å². The zero-order chi connectivity index (χ0) is 12.1. The lowest BCUT2D eigenvalue weighted by atomic mass is 10.0. The Kier molecular flexibility index (Phi) is 4.18. The smallest absolute Gasteiger partial charge is 0.0412 e. The van der Waals surface area contributed by atoms with E-state index in [0.717, 1.165) is 18.0 Å². The van der Waals surface area contributed by atoms with Crippen LogP contribution in [0.1, 0.15) is 5.56 Å². The molecule has 1 nitrogen and oxygen atoms in total. The van der Waals surface area contributed by atoms with Gasteiger partial charge in [0, 0.05) is 5.02 Å². The van der Waals surface area contributed by atoms with E-state index >= 15 is 0 Å². The number of hydrogen-bond acceptors (Lipinski definition) is 1.